The van der Waals surface area contributed by atoms with Crippen LogP contribution in [0.1, 0.15) is 46.1 Å². The zero-order valence-electron chi connectivity index (χ0n) is 13.7. The Morgan fingerprint density at radius 1 is 1.18 bits per heavy atom. The third-order valence-corrected chi connectivity index (χ3v) is 3.74. The van der Waals surface area contributed by atoms with Gasteiger partial charge in [-0.15, -0.1) is 0 Å². The van der Waals surface area contributed by atoms with E-state index in [0.717, 1.165) is 12.0 Å². The fourth-order valence-electron chi connectivity index (χ4n) is 2.04. The summed E-state index contributed by atoms with van der Waals surface area (Å²) in [5.41, 5.74) is 0.798. The van der Waals surface area contributed by atoms with Crippen molar-refractivity contribution in [2.24, 2.45) is 0 Å². The first kappa shape index (κ1) is 18.1. The summed E-state index contributed by atoms with van der Waals surface area (Å²) in [4.78, 5) is 25.9. The lowest BCUT2D eigenvalue weighted by Gasteiger charge is -2.29. The molecule has 0 heterocycles. The number of halogens is 1. The van der Waals surface area contributed by atoms with Crippen LogP contribution in [-0.2, 0) is 16.1 Å². The molecule has 0 aromatic heterocycles. The predicted octanol–water partition coefficient (Wildman–Crippen LogP) is 2.87. The van der Waals surface area contributed by atoms with Gasteiger partial charge in [0, 0.05) is 19.0 Å². The Hall–Kier alpha value is -1.91. The quantitative estimate of drug-likeness (QED) is 0.842. The van der Waals surface area contributed by atoms with Crippen molar-refractivity contribution in [3.63, 3.8) is 0 Å². The molecule has 0 saturated carbocycles. The highest BCUT2D eigenvalue weighted by molar-refractivity contribution is 5.87. The number of nitrogens with one attached hydrogen (secondary N) is 1. The van der Waals surface area contributed by atoms with Gasteiger partial charge in [0.15, 0.2) is 0 Å². The summed E-state index contributed by atoms with van der Waals surface area (Å²) in [5.74, 6) is -0.589. The molecular weight excluding hydrogens is 283 g/mol. The summed E-state index contributed by atoms with van der Waals surface area (Å²) in [6.07, 6.45) is 1.15. The van der Waals surface area contributed by atoms with Crippen molar-refractivity contribution in [2.75, 3.05) is 0 Å². The lowest BCUT2D eigenvalue weighted by atomic mass is 10.1. The average Bonchev–Trinajstić information content (AvgIpc) is 2.52. The van der Waals surface area contributed by atoms with Crippen LogP contribution in [0.25, 0.3) is 0 Å². The van der Waals surface area contributed by atoms with E-state index in [4.69, 9.17) is 0 Å². The van der Waals surface area contributed by atoms with Crippen LogP contribution in [0.5, 0.6) is 0 Å². The van der Waals surface area contributed by atoms with Crippen LogP contribution >= 0.6 is 0 Å². The van der Waals surface area contributed by atoms with Crippen molar-refractivity contribution in [2.45, 2.75) is 59.2 Å². The Morgan fingerprint density at radius 3 is 2.27 bits per heavy atom. The third-order valence-electron chi connectivity index (χ3n) is 3.74. The minimum Gasteiger partial charge on any atom is -0.352 e. The number of benzene rings is 1. The number of amides is 2. The maximum atomic E-state index is 13.0. The number of hydrogen-bond acceptors (Lipinski definition) is 2. The molecule has 1 rings (SSSR count). The topological polar surface area (TPSA) is 49.4 Å². The molecule has 5 heteroatoms. The first-order chi connectivity index (χ1) is 10.4. The molecule has 2 atom stereocenters. The second-order valence-electron chi connectivity index (χ2n) is 5.50. The van der Waals surface area contributed by atoms with Gasteiger partial charge >= 0.3 is 0 Å². The van der Waals surface area contributed by atoms with Crippen LogP contribution in [0.4, 0.5) is 4.39 Å². The molecule has 22 heavy (non-hydrogen) atoms. The van der Waals surface area contributed by atoms with Crippen LogP contribution in [0.2, 0.25) is 0 Å². The van der Waals surface area contributed by atoms with Crippen LogP contribution in [0.3, 0.4) is 0 Å². The van der Waals surface area contributed by atoms with Crippen LogP contribution in [0.15, 0.2) is 24.3 Å². The van der Waals surface area contributed by atoms with Crippen molar-refractivity contribution in [3.05, 3.63) is 35.6 Å². The Bertz CT molecular complexity index is 502. The predicted molar refractivity (Wildman–Crippen MR) is 84.6 cm³/mol. The molecule has 0 aliphatic carbocycles. The Labute approximate surface area is 131 Å². The fourth-order valence-corrected chi connectivity index (χ4v) is 2.04. The number of carbonyl (C=O) groups excluding carboxylic acids is 2. The molecule has 1 N–H and O–H groups in total. The third kappa shape index (κ3) is 5.13. The van der Waals surface area contributed by atoms with Crippen LogP contribution < -0.4 is 5.32 Å². The molecule has 0 spiro atoms. The maximum Gasteiger partial charge on any atom is 0.242 e. The van der Waals surface area contributed by atoms with E-state index in [-0.39, 0.29) is 23.7 Å². The number of nitrogens with zero attached hydrogens (tertiary/aromatic N) is 1. The number of rotatable bonds is 7. The van der Waals surface area contributed by atoms with E-state index >= 15 is 0 Å². The molecule has 0 bridgehead atoms. The SMILES string of the molecule is CCC(=O)N(Cc1ccc(F)cc1)[C@H](C)C(=O)N[C@@H](C)CC. The molecule has 0 aliphatic rings. The van der Waals surface area contributed by atoms with E-state index in [1.165, 1.54) is 17.0 Å². The van der Waals surface area contributed by atoms with Gasteiger partial charge in [0.05, 0.1) is 0 Å². The zero-order valence-corrected chi connectivity index (χ0v) is 13.7. The largest absolute Gasteiger partial charge is 0.352 e. The number of carbonyl (C=O) groups is 2. The van der Waals surface area contributed by atoms with Gasteiger partial charge in [-0.2, -0.15) is 0 Å². The molecule has 2 amide bonds. The van der Waals surface area contributed by atoms with Crippen molar-refractivity contribution in [1.82, 2.24) is 10.2 Å². The summed E-state index contributed by atoms with van der Waals surface area (Å²) in [7, 11) is 0. The molecule has 0 radical (unpaired) electrons. The van der Waals surface area contributed by atoms with Crippen LogP contribution in [0, 0.1) is 5.82 Å². The van der Waals surface area contributed by atoms with Gasteiger partial charge in [-0.25, -0.2) is 4.39 Å². The summed E-state index contributed by atoms with van der Waals surface area (Å²) in [6.45, 7) is 7.69. The second kappa shape index (κ2) is 8.51. The fraction of sp³-hybridized carbons (Fsp3) is 0.529. The first-order valence-electron chi connectivity index (χ1n) is 7.73. The maximum absolute atomic E-state index is 13.0. The van der Waals surface area contributed by atoms with Crippen molar-refractivity contribution >= 4 is 11.8 Å². The van der Waals surface area contributed by atoms with Crippen molar-refractivity contribution < 1.29 is 14.0 Å². The molecule has 0 saturated heterocycles. The average molecular weight is 308 g/mol. The minimum absolute atomic E-state index is 0.0688. The molecular formula is C17H25FN2O2. The van der Waals surface area contributed by atoms with Gasteiger partial charge < -0.3 is 10.2 Å². The standard InChI is InChI=1S/C17H25FN2O2/c1-5-12(3)19-17(22)13(4)20(16(21)6-2)11-14-7-9-15(18)10-8-14/h7-10,12-13H,5-6,11H2,1-4H3,(H,19,22)/t12-,13+/m0/s1. The normalized spacial score (nSPS) is 13.3. The molecule has 1 aromatic carbocycles. The molecule has 4 nitrogen and oxygen atoms in total. The Morgan fingerprint density at radius 2 is 1.77 bits per heavy atom. The first-order valence-corrected chi connectivity index (χ1v) is 7.73. The molecule has 1 aromatic rings. The molecule has 0 unspecified atom stereocenters. The highest BCUT2D eigenvalue weighted by Crippen LogP contribution is 2.12. The number of hydrogen-bond donors (Lipinski definition) is 1. The highest BCUT2D eigenvalue weighted by Gasteiger charge is 2.25. The van der Waals surface area contributed by atoms with Gasteiger partial charge in [-0.3, -0.25) is 9.59 Å². The molecule has 0 fully saturated rings. The summed E-state index contributed by atoms with van der Waals surface area (Å²) in [6, 6.07) is 5.47. The lowest BCUT2D eigenvalue weighted by molar-refractivity contribution is -0.140. The highest BCUT2D eigenvalue weighted by atomic mass is 19.1. The lowest BCUT2D eigenvalue weighted by Crippen LogP contribution is -2.49. The van der Waals surface area contributed by atoms with E-state index < -0.39 is 6.04 Å². The zero-order chi connectivity index (χ0) is 16.7. The van der Waals surface area contributed by atoms with E-state index in [1.54, 1.807) is 26.0 Å². The summed E-state index contributed by atoms with van der Waals surface area (Å²) < 4.78 is 13.0. The van der Waals surface area contributed by atoms with Gasteiger partial charge in [0.1, 0.15) is 11.9 Å². The van der Waals surface area contributed by atoms with Gasteiger partial charge in [0.2, 0.25) is 11.8 Å². The minimum atomic E-state index is -0.563. The summed E-state index contributed by atoms with van der Waals surface area (Å²) in [5, 5.41) is 2.89. The van der Waals surface area contributed by atoms with E-state index in [0.29, 0.717) is 13.0 Å². The van der Waals surface area contributed by atoms with Gasteiger partial charge in [-0.1, -0.05) is 26.0 Å². The monoisotopic (exact) mass is 308 g/mol. The van der Waals surface area contributed by atoms with E-state index in [1.807, 2.05) is 13.8 Å². The van der Waals surface area contributed by atoms with Crippen LogP contribution in [-0.4, -0.2) is 28.8 Å². The van der Waals surface area contributed by atoms with Crippen molar-refractivity contribution in [3.8, 4) is 0 Å². The van der Waals surface area contributed by atoms with E-state index in [9.17, 15) is 14.0 Å². The molecule has 0 aliphatic heterocycles. The van der Waals surface area contributed by atoms with Crippen molar-refractivity contribution in [1.29, 1.82) is 0 Å². The Kier molecular flexibility index (Phi) is 7.02. The second-order valence-corrected chi connectivity index (χ2v) is 5.50. The van der Waals surface area contributed by atoms with Gasteiger partial charge in [-0.05, 0) is 38.0 Å². The van der Waals surface area contributed by atoms with E-state index in [2.05, 4.69) is 5.32 Å². The smallest absolute Gasteiger partial charge is 0.242 e. The Balaban J connectivity index is 2.85. The molecule has 122 valence electrons. The van der Waals surface area contributed by atoms with Gasteiger partial charge in [0.25, 0.3) is 0 Å². The summed E-state index contributed by atoms with van der Waals surface area (Å²) >= 11 is 0.